The summed E-state index contributed by atoms with van der Waals surface area (Å²) in [5, 5.41) is 20.9. The van der Waals surface area contributed by atoms with Crippen molar-refractivity contribution in [2.45, 2.75) is 24.9 Å². The number of amides is 1. The molecule has 7 heteroatoms. The molecule has 4 N–H and O–H groups in total. The Hall–Kier alpha value is -2.22. The first-order valence-electron chi connectivity index (χ1n) is 7.33. The molecule has 1 aliphatic heterocycles. The van der Waals surface area contributed by atoms with Gasteiger partial charge in [-0.25, -0.2) is 5.48 Å². The maximum absolute atomic E-state index is 11.5. The van der Waals surface area contributed by atoms with Crippen molar-refractivity contribution >= 4 is 18.0 Å². The maximum atomic E-state index is 11.5. The van der Waals surface area contributed by atoms with E-state index in [2.05, 4.69) is 5.32 Å². The maximum Gasteiger partial charge on any atom is 0.326 e. The Morgan fingerprint density at radius 1 is 1.30 bits per heavy atom. The van der Waals surface area contributed by atoms with Crippen LogP contribution >= 0.6 is 0 Å². The van der Waals surface area contributed by atoms with E-state index in [0.29, 0.717) is 19.6 Å². The molecular weight excluding hydrogens is 300 g/mol. The van der Waals surface area contributed by atoms with Crippen LogP contribution in [0.5, 0.6) is 0 Å². The van der Waals surface area contributed by atoms with Gasteiger partial charge in [0.2, 0.25) is 0 Å². The van der Waals surface area contributed by atoms with Crippen molar-refractivity contribution in [1.82, 2.24) is 10.8 Å². The predicted octanol–water partition coefficient (Wildman–Crippen LogP) is 0.929. The topological polar surface area (TPSA) is 108 Å². The summed E-state index contributed by atoms with van der Waals surface area (Å²) in [5.74, 6) is -1.50. The van der Waals surface area contributed by atoms with E-state index in [1.807, 2.05) is 24.3 Å². The zero-order valence-corrected chi connectivity index (χ0v) is 12.6. The van der Waals surface area contributed by atoms with Gasteiger partial charge in [0.1, 0.15) is 5.54 Å². The number of hydrogen-bond acceptors (Lipinski definition) is 5. The highest BCUT2D eigenvalue weighted by Gasteiger charge is 2.40. The van der Waals surface area contributed by atoms with Crippen LogP contribution in [-0.2, 0) is 20.9 Å². The number of carbonyl (C=O) groups is 2. The summed E-state index contributed by atoms with van der Waals surface area (Å²) in [6, 6.07) is 7.32. The standard InChI is InChI=1S/C16H20N2O5/c19-14(18-22)7-6-12-2-4-13(5-3-12)10-17-16(15(20)21)8-1-9-23-11-16/h2-7,17,22H,1,8-11H2,(H,18,19)(H,20,21). The predicted molar refractivity (Wildman–Crippen MR) is 82.7 cm³/mol. The van der Waals surface area contributed by atoms with Crippen molar-refractivity contribution < 1.29 is 24.6 Å². The lowest BCUT2D eigenvalue weighted by atomic mass is 9.92. The largest absolute Gasteiger partial charge is 0.480 e. The average molecular weight is 320 g/mol. The van der Waals surface area contributed by atoms with Gasteiger partial charge in [-0.2, -0.15) is 0 Å². The summed E-state index contributed by atoms with van der Waals surface area (Å²) in [6.07, 6.45) is 4.04. The first kappa shape index (κ1) is 17.1. The van der Waals surface area contributed by atoms with Crippen molar-refractivity contribution in [3.63, 3.8) is 0 Å². The van der Waals surface area contributed by atoms with Gasteiger partial charge in [-0.05, 0) is 30.0 Å². The zero-order chi connectivity index (χ0) is 16.7. The van der Waals surface area contributed by atoms with E-state index < -0.39 is 17.4 Å². The van der Waals surface area contributed by atoms with Crippen molar-refractivity contribution in [3.8, 4) is 0 Å². The number of benzene rings is 1. The molecule has 1 aromatic rings. The number of rotatable bonds is 6. The molecule has 23 heavy (non-hydrogen) atoms. The molecule has 0 saturated carbocycles. The molecule has 124 valence electrons. The van der Waals surface area contributed by atoms with E-state index in [1.165, 1.54) is 11.6 Å². The molecule has 1 saturated heterocycles. The van der Waals surface area contributed by atoms with Crippen LogP contribution in [0.4, 0.5) is 0 Å². The first-order chi connectivity index (χ1) is 11.1. The van der Waals surface area contributed by atoms with Gasteiger partial charge in [0.15, 0.2) is 0 Å². The van der Waals surface area contributed by atoms with Gasteiger partial charge in [0.25, 0.3) is 5.91 Å². The summed E-state index contributed by atoms with van der Waals surface area (Å²) in [7, 11) is 0. The van der Waals surface area contributed by atoms with Crippen LogP contribution in [0.2, 0.25) is 0 Å². The Bertz CT molecular complexity index is 577. The van der Waals surface area contributed by atoms with Crippen molar-refractivity contribution in [1.29, 1.82) is 0 Å². The number of hydroxylamine groups is 1. The van der Waals surface area contributed by atoms with E-state index in [1.54, 1.807) is 6.08 Å². The first-order valence-corrected chi connectivity index (χ1v) is 7.33. The molecule has 0 spiro atoms. The lowest BCUT2D eigenvalue weighted by Gasteiger charge is -2.34. The van der Waals surface area contributed by atoms with Crippen molar-refractivity contribution in [2.75, 3.05) is 13.2 Å². The summed E-state index contributed by atoms with van der Waals surface area (Å²) < 4.78 is 5.31. The van der Waals surface area contributed by atoms with E-state index in [4.69, 9.17) is 9.94 Å². The van der Waals surface area contributed by atoms with Crippen LogP contribution in [0.15, 0.2) is 30.3 Å². The molecule has 0 aliphatic carbocycles. The molecule has 1 unspecified atom stereocenters. The van der Waals surface area contributed by atoms with Crippen LogP contribution in [0.3, 0.4) is 0 Å². The van der Waals surface area contributed by atoms with E-state index in [0.717, 1.165) is 17.5 Å². The van der Waals surface area contributed by atoms with Crippen molar-refractivity contribution in [3.05, 3.63) is 41.5 Å². The Kier molecular flexibility index (Phi) is 5.86. The second-order valence-corrected chi connectivity index (χ2v) is 5.45. The molecule has 1 heterocycles. The fraction of sp³-hybridized carbons (Fsp3) is 0.375. The van der Waals surface area contributed by atoms with Gasteiger partial charge >= 0.3 is 5.97 Å². The van der Waals surface area contributed by atoms with Crippen LogP contribution in [0.25, 0.3) is 6.08 Å². The SMILES string of the molecule is O=C(C=Cc1ccc(CNC2(C(=O)O)CCCOC2)cc1)NO. The molecule has 0 aromatic heterocycles. The molecule has 0 bridgehead atoms. The Morgan fingerprint density at radius 3 is 2.61 bits per heavy atom. The Labute approximate surface area is 133 Å². The highest BCUT2D eigenvalue weighted by Crippen LogP contribution is 2.20. The monoisotopic (exact) mass is 320 g/mol. The minimum absolute atomic E-state index is 0.166. The molecule has 2 rings (SSSR count). The van der Waals surface area contributed by atoms with Gasteiger partial charge < -0.3 is 9.84 Å². The Morgan fingerprint density at radius 2 is 2.04 bits per heavy atom. The minimum Gasteiger partial charge on any atom is -0.480 e. The summed E-state index contributed by atoms with van der Waals surface area (Å²) >= 11 is 0. The minimum atomic E-state index is -1.03. The number of carboxylic acids is 1. The molecule has 0 radical (unpaired) electrons. The van der Waals surface area contributed by atoms with Gasteiger partial charge in [-0.15, -0.1) is 0 Å². The second kappa shape index (κ2) is 7.87. The number of carbonyl (C=O) groups excluding carboxylic acids is 1. The van der Waals surface area contributed by atoms with Gasteiger partial charge in [-0.1, -0.05) is 24.3 Å². The van der Waals surface area contributed by atoms with Crippen molar-refractivity contribution in [2.24, 2.45) is 0 Å². The molecule has 1 aliphatic rings. The zero-order valence-electron chi connectivity index (χ0n) is 12.6. The van der Waals surface area contributed by atoms with Crippen LogP contribution in [0.1, 0.15) is 24.0 Å². The highest BCUT2D eigenvalue weighted by molar-refractivity contribution is 5.90. The number of aliphatic carboxylic acids is 1. The van der Waals surface area contributed by atoms with Crippen LogP contribution in [0, 0.1) is 0 Å². The average Bonchev–Trinajstić information content (AvgIpc) is 2.59. The molecule has 1 fully saturated rings. The molecule has 1 amide bonds. The third-order valence-electron chi connectivity index (χ3n) is 3.80. The second-order valence-electron chi connectivity index (χ2n) is 5.45. The molecule has 7 nitrogen and oxygen atoms in total. The van der Waals surface area contributed by atoms with Gasteiger partial charge in [0, 0.05) is 19.2 Å². The molecular formula is C16H20N2O5. The third-order valence-corrected chi connectivity index (χ3v) is 3.80. The van der Waals surface area contributed by atoms with Gasteiger partial charge in [-0.3, -0.25) is 20.1 Å². The normalized spacial score (nSPS) is 21.3. The third kappa shape index (κ3) is 4.62. The summed E-state index contributed by atoms with van der Waals surface area (Å²) in [4.78, 5) is 22.4. The van der Waals surface area contributed by atoms with E-state index in [-0.39, 0.29) is 6.61 Å². The lowest BCUT2D eigenvalue weighted by Crippen LogP contribution is -2.57. The number of nitrogens with one attached hydrogen (secondary N) is 2. The molecule has 1 aromatic carbocycles. The fourth-order valence-electron chi connectivity index (χ4n) is 2.41. The quantitative estimate of drug-likeness (QED) is 0.353. The fourth-order valence-corrected chi connectivity index (χ4v) is 2.41. The van der Waals surface area contributed by atoms with Crippen LogP contribution < -0.4 is 10.8 Å². The van der Waals surface area contributed by atoms with E-state index in [9.17, 15) is 14.7 Å². The smallest absolute Gasteiger partial charge is 0.326 e. The molecule has 1 atom stereocenters. The number of carboxylic acid groups (broad SMARTS) is 1. The summed E-state index contributed by atoms with van der Waals surface area (Å²) in [5.41, 5.74) is 2.21. The highest BCUT2D eigenvalue weighted by atomic mass is 16.5. The Balaban J connectivity index is 1.96. The van der Waals surface area contributed by atoms with E-state index >= 15 is 0 Å². The van der Waals surface area contributed by atoms with Gasteiger partial charge in [0.05, 0.1) is 6.61 Å². The number of hydrogen-bond donors (Lipinski definition) is 4. The lowest BCUT2D eigenvalue weighted by molar-refractivity contribution is -0.151. The number of ether oxygens (including phenoxy) is 1. The van der Waals surface area contributed by atoms with Crippen LogP contribution in [-0.4, -0.2) is 40.9 Å². The summed E-state index contributed by atoms with van der Waals surface area (Å²) in [6.45, 7) is 1.18.